The summed E-state index contributed by atoms with van der Waals surface area (Å²) in [6.07, 6.45) is -3.08. The number of phenols is 1. The van der Waals surface area contributed by atoms with Crippen LogP contribution in [0.15, 0.2) is 42.5 Å². The van der Waals surface area contributed by atoms with Crippen LogP contribution in [0.25, 0.3) is 0 Å². The number of hydrogen-bond acceptors (Lipinski definition) is 6. The molecule has 2 aliphatic heterocycles. The fraction of sp³-hybridized carbons (Fsp3) is 0.548. The Hall–Kier alpha value is -3.02. The Kier molecular flexibility index (Phi) is 10.6. The normalized spacial score (nSPS) is 23.3. The molecule has 0 radical (unpaired) electrons. The van der Waals surface area contributed by atoms with E-state index in [2.05, 4.69) is 5.32 Å². The summed E-state index contributed by atoms with van der Waals surface area (Å²) in [5.41, 5.74) is 0.906. The van der Waals surface area contributed by atoms with Gasteiger partial charge in [0.2, 0.25) is 5.91 Å². The predicted molar refractivity (Wildman–Crippen MR) is 150 cm³/mol. The number of halogens is 4. The minimum Gasteiger partial charge on any atom is -0.508 e. The number of aliphatic hydroxyl groups is 1. The van der Waals surface area contributed by atoms with Crippen LogP contribution in [-0.4, -0.2) is 89.8 Å². The number of amides is 1. The first kappa shape index (κ1) is 31.9. The summed E-state index contributed by atoms with van der Waals surface area (Å²) in [4.78, 5) is 31.0. The number of piperidine rings is 1. The van der Waals surface area contributed by atoms with Gasteiger partial charge in [0, 0.05) is 43.6 Å². The van der Waals surface area contributed by atoms with Gasteiger partial charge in [-0.05, 0) is 75.0 Å². The van der Waals surface area contributed by atoms with E-state index in [1.165, 1.54) is 30.3 Å². The van der Waals surface area contributed by atoms with Crippen LogP contribution < -0.4 is 5.32 Å². The van der Waals surface area contributed by atoms with Crippen molar-refractivity contribution in [1.82, 2.24) is 15.1 Å². The maximum atomic E-state index is 14.9. The van der Waals surface area contributed by atoms with Crippen molar-refractivity contribution in [2.24, 2.45) is 11.8 Å². The van der Waals surface area contributed by atoms with Gasteiger partial charge < -0.3 is 25.3 Å². The van der Waals surface area contributed by atoms with Crippen molar-refractivity contribution in [1.29, 1.82) is 0 Å². The van der Waals surface area contributed by atoms with Crippen LogP contribution in [0, 0.1) is 24.6 Å². The Bertz CT molecular complexity index is 1240. The summed E-state index contributed by atoms with van der Waals surface area (Å²) in [6.45, 7) is 3.54. The number of carbonyl (C=O) groups excluding carboxylic acids is 2. The molecule has 0 aromatic heterocycles. The number of hydrogen-bond donors (Lipinski definition) is 3. The largest absolute Gasteiger partial charge is 0.508 e. The lowest BCUT2D eigenvalue weighted by molar-refractivity contribution is -0.185. The highest BCUT2D eigenvalue weighted by atomic mass is 19.4. The molecule has 7 nitrogen and oxygen atoms in total. The Morgan fingerprint density at radius 1 is 1.05 bits per heavy atom. The Labute approximate surface area is 243 Å². The van der Waals surface area contributed by atoms with Gasteiger partial charge in [-0.3, -0.25) is 9.59 Å². The predicted octanol–water partition coefficient (Wildman–Crippen LogP) is 4.27. The summed E-state index contributed by atoms with van der Waals surface area (Å²) in [5, 5.41) is 22.1. The number of phenolic OH excluding ortho intramolecular Hbond substituents is 1. The summed E-state index contributed by atoms with van der Waals surface area (Å²) in [7, 11) is 0. The lowest BCUT2D eigenvalue weighted by Gasteiger charge is -2.45. The molecule has 2 saturated heterocycles. The monoisotopic (exact) mass is 593 g/mol. The van der Waals surface area contributed by atoms with Gasteiger partial charge in [0.25, 0.3) is 0 Å². The second-order valence-electron chi connectivity index (χ2n) is 11.3. The third kappa shape index (κ3) is 7.30. The van der Waals surface area contributed by atoms with Gasteiger partial charge >= 0.3 is 6.18 Å². The van der Waals surface area contributed by atoms with E-state index in [1.54, 1.807) is 19.1 Å². The standard InChI is InChI=1S/C31H39F4N3O4/c1-20-23(9-5-10-26(20)32)28-24(29(41)21-7-4-8-22(40)17-21)18-37(14-3-2-12-36-13-16-39)19-25(28)30(42)38-15-6-11-27(38)31(33,34)35/h4-5,7-10,17,24-25,27-28,36,39-40H,2-3,6,11-16,18-19H2,1H3/t24-,25+,27-,28+/m0/s1. The lowest BCUT2D eigenvalue weighted by atomic mass is 9.69. The number of aliphatic hydroxyl groups excluding tert-OH is 1. The molecule has 0 spiro atoms. The fourth-order valence-corrected chi connectivity index (χ4v) is 6.46. The van der Waals surface area contributed by atoms with Gasteiger partial charge in [-0.1, -0.05) is 24.3 Å². The molecule has 2 heterocycles. The number of carbonyl (C=O) groups is 2. The van der Waals surface area contributed by atoms with Crippen LogP contribution in [-0.2, 0) is 4.79 Å². The minimum atomic E-state index is -4.58. The van der Waals surface area contributed by atoms with E-state index in [1.807, 2.05) is 4.90 Å². The first-order valence-electron chi connectivity index (χ1n) is 14.5. The number of unbranched alkanes of at least 4 members (excludes halogenated alkanes) is 1. The summed E-state index contributed by atoms with van der Waals surface area (Å²) in [5.74, 6) is -4.41. The van der Waals surface area contributed by atoms with Crippen molar-refractivity contribution in [3.63, 3.8) is 0 Å². The number of aromatic hydroxyl groups is 1. The quantitative estimate of drug-likeness (QED) is 0.205. The van der Waals surface area contributed by atoms with Crippen molar-refractivity contribution in [2.45, 2.75) is 50.7 Å². The molecule has 2 aromatic carbocycles. The first-order chi connectivity index (χ1) is 20.0. The van der Waals surface area contributed by atoms with Crippen LogP contribution in [0.2, 0.25) is 0 Å². The highest BCUT2D eigenvalue weighted by Gasteiger charge is 2.52. The van der Waals surface area contributed by atoms with Gasteiger partial charge in [0.1, 0.15) is 17.6 Å². The Morgan fingerprint density at radius 3 is 2.50 bits per heavy atom. The molecule has 230 valence electrons. The first-order valence-corrected chi connectivity index (χ1v) is 14.5. The molecule has 42 heavy (non-hydrogen) atoms. The molecule has 1 amide bonds. The smallest absolute Gasteiger partial charge is 0.408 e. The molecule has 0 bridgehead atoms. The number of alkyl halides is 3. The van der Waals surface area contributed by atoms with Gasteiger partial charge in [-0.25, -0.2) is 4.39 Å². The molecule has 11 heteroatoms. The van der Waals surface area contributed by atoms with E-state index in [0.717, 1.165) is 11.3 Å². The number of Topliss-reactive ketones (excluding diaryl/α,β-unsaturated/α-hetero) is 1. The van der Waals surface area contributed by atoms with Crippen molar-refractivity contribution < 1.29 is 37.4 Å². The van der Waals surface area contributed by atoms with E-state index in [0.29, 0.717) is 31.6 Å². The number of rotatable bonds is 11. The second kappa shape index (κ2) is 14.0. The molecule has 3 N–H and O–H groups in total. The maximum absolute atomic E-state index is 14.9. The molecule has 2 aliphatic rings. The highest BCUT2D eigenvalue weighted by molar-refractivity contribution is 5.99. The zero-order valence-electron chi connectivity index (χ0n) is 23.7. The zero-order valence-corrected chi connectivity index (χ0v) is 23.7. The molecule has 2 aromatic rings. The van der Waals surface area contributed by atoms with E-state index in [-0.39, 0.29) is 61.7 Å². The number of benzene rings is 2. The number of likely N-dealkylation sites (tertiary alicyclic amines) is 2. The van der Waals surface area contributed by atoms with Crippen molar-refractivity contribution >= 4 is 11.7 Å². The SMILES string of the molecule is Cc1c(F)cccc1[C@@H]1[C@@H](C(=O)c2cccc(O)c2)CN(CCCCNCCO)C[C@H]1C(=O)N1CCC[C@H]1C(F)(F)F. The molecule has 2 fully saturated rings. The van der Waals surface area contributed by atoms with Crippen LogP contribution >= 0.6 is 0 Å². The van der Waals surface area contributed by atoms with Gasteiger partial charge in [-0.15, -0.1) is 0 Å². The number of ketones is 1. The van der Waals surface area contributed by atoms with Gasteiger partial charge in [0.15, 0.2) is 5.78 Å². The molecule has 0 aliphatic carbocycles. The number of nitrogens with zero attached hydrogens (tertiary/aromatic N) is 2. The third-order valence-corrected chi connectivity index (χ3v) is 8.51. The van der Waals surface area contributed by atoms with E-state index in [9.17, 15) is 32.3 Å². The zero-order chi connectivity index (χ0) is 30.4. The van der Waals surface area contributed by atoms with Crippen LogP contribution in [0.1, 0.15) is 53.1 Å². The minimum absolute atomic E-state index is 0.0189. The molecular weight excluding hydrogens is 554 g/mol. The van der Waals surface area contributed by atoms with Gasteiger partial charge in [0.05, 0.1) is 12.5 Å². The van der Waals surface area contributed by atoms with Crippen LogP contribution in [0.4, 0.5) is 17.6 Å². The Balaban J connectivity index is 1.74. The molecule has 4 rings (SSSR count). The highest BCUT2D eigenvalue weighted by Crippen LogP contribution is 2.44. The molecule has 0 saturated carbocycles. The Morgan fingerprint density at radius 2 is 1.79 bits per heavy atom. The van der Waals surface area contributed by atoms with Crippen molar-refractivity contribution in [2.75, 3.05) is 45.9 Å². The second-order valence-corrected chi connectivity index (χ2v) is 11.3. The van der Waals surface area contributed by atoms with E-state index < -0.39 is 41.7 Å². The lowest BCUT2D eigenvalue weighted by Crippen LogP contribution is -2.55. The van der Waals surface area contributed by atoms with E-state index >= 15 is 0 Å². The molecule has 4 atom stereocenters. The van der Waals surface area contributed by atoms with Crippen LogP contribution in [0.3, 0.4) is 0 Å². The molecular formula is C31H39F4N3O4. The summed E-state index contributed by atoms with van der Waals surface area (Å²) in [6, 6.07) is 8.39. The topological polar surface area (TPSA) is 93.1 Å². The summed E-state index contributed by atoms with van der Waals surface area (Å²) < 4.78 is 56.7. The van der Waals surface area contributed by atoms with Gasteiger partial charge in [-0.2, -0.15) is 13.2 Å². The van der Waals surface area contributed by atoms with Crippen LogP contribution in [0.5, 0.6) is 5.75 Å². The average Bonchev–Trinajstić information content (AvgIpc) is 3.46. The molecule has 0 unspecified atom stereocenters. The van der Waals surface area contributed by atoms with Crippen molar-refractivity contribution in [3.8, 4) is 5.75 Å². The van der Waals surface area contributed by atoms with E-state index in [4.69, 9.17) is 5.11 Å². The maximum Gasteiger partial charge on any atom is 0.408 e. The summed E-state index contributed by atoms with van der Waals surface area (Å²) >= 11 is 0. The fourth-order valence-electron chi connectivity index (χ4n) is 6.46. The number of nitrogens with one attached hydrogen (secondary N) is 1. The average molecular weight is 594 g/mol. The third-order valence-electron chi connectivity index (χ3n) is 8.51. The van der Waals surface area contributed by atoms with Crippen molar-refractivity contribution in [3.05, 3.63) is 65.0 Å².